The highest BCUT2D eigenvalue weighted by atomic mass is 32.2. The second-order valence-corrected chi connectivity index (χ2v) is 10.3. The second kappa shape index (κ2) is 15.3. The average Bonchev–Trinajstić information content (AvgIpc) is 3.36. The molecule has 1 aromatic heterocycles. The Hall–Kier alpha value is -3.36. The standard InChI is InChI=1S/C31H39FN4O2S/c1-6-10-25(11-9-16-39-32)23(4)35-31(37)27-17-26(19-30(20-27)36-14-15-38-24(36)5)28(21-34-22(2)3)18-29-12-7-8-13-33-29/h6-13,17,19-20,22-23,28,34H,1,5,14-16,18,21H2,2-4H3,(H,35,37)/b11-9-,25-10+/t23-,28+/m1/s1. The Kier molecular flexibility index (Phi) is 11.8. The topological polar surface area (TPSA) is 66.5 Å². The number of hydrogen-bond donors (Lipinski definition) is 2. The maximum atomic E-state index is 13.6. The van der Waals surface area contributed by atoms with Crippen LogP contribution in [0.25, 0.3) is 0 Å². The molecule has 1 amide bonds. The molecule has 1 aliphatic heterocycles. The number of nitrogens with one attached hydrogen (secondary N) is 2. The molecule has 3 rings (SSSR count). The highest BCUT2D eigenvalue weighted by molar-refractivity contribution is 7.94. The van der Waals surface area contributed by atoms with E-state index >= 15 is 0 Å². The smallest absolute Gasteiger partial charge is 0.251 e. The normalized spacial score (nSPS) is 15.5. The number of carbonyl (C=O) groups is 1. The van der Waals surface area contributed by atoms with Gasteiger partial charge in [-0.3, -0.25) is 9.78 Å². The van der Waals surface area contributed by atoms with Crippen LogP contribution in [-0.2, 0) is 11.2 Å². The van der Waals surface area contributed by atoms with Crippen LogP contribution in [0.3, 0.4) is 0 Å². The number of amides is 1. The molecule has 0 spiro atoms. The van der Waals surface area contributed by atoms with E-state index in [1.807, 2.05) is 54.3 Å². The predicted molar refractivity (Wildman–Crippen MR) is 161 cm³/mol. The van der Waals surface area contributed by atoms with Gasteiger partial charge in [-0.2, -0.15) is 3.89 Å². The van der Waals surface area contributed by atoms with Crippen LogP contribution < -0.4 is 15.5 Å². The lowest BCUT2D eigenvalue weighted by Crippen LogP contribution is -2.34. The van der Waals surface area contributed by atoms with Gasteiger partial charge in [0.1, 0.15) is 6.61 Å². The number of halogens is 1. The summed E-state index contributed by atoms with van der Waals surface area (Å²) in [6.45, 7) is 15.9. The van der Waals surface area contributed by atoms with Gasteiger partial charge < -0.3 is 20.3 Å². The number of pyridine rings is 1. The monoisotopic (exact) mass is 550 g/mol. The molecule has 0 unspecified atom stereocenters. The van der Waals surface area contributed by atoms with E-state index in [2.05, 4.69) is 48.7 Å². The van der Waals surface area contributed by atoms with Crippen molar-refractivity contribution < 1.29 is 13.4 Å². The van der Waals surface area contributed by atoms with Crippen LogP contribution >= 0.6 is 12.1 Å². The number of nitrogens with zero attached hydrogens (tertiary/aromatic N) is 2. The number of carbonyl (C=O) groups excluding carboxylic acids is 1. The fourth-order valence-electron chi connectivity index (χ4n) is 4.41. The summed E-state index contributed by atoms with van der Waals surface area (Å²) >= 11 is 0.250. The number of hydrogen-bond acceptors (Lipinski definition) is 6. The minimum atomic E-state index is -0.305. The Balaban J connectivity index is 1.97. The van der Waals surface area contributed by atoms with Gasteiger partial charge in [-0.15, -0.1) is 0 Å². The van der Waals surface area contributed by atoms with Gasteiger partial charge >= 0.3 is 0 Å². The lowest BCUT2D eigenvalue weighted by molar-refractivity contribution is 0.0945. The van der Waals surface area contributed by atoms with Crippen LogP contribution in [0.1, 0.15) is 48.3 Å². The summed E-state index contributed by atoms with van der Waals surface area (Å²) in [6, 6.07) is 11.9. The van der Waals surface area contributed by atoms with E-state index in [9.17, 15) is 8.68 Å². The zero-order valence-electron chi connectivity index (χ0n) is 23.0. The molecule has 6 nitrogen and oxygen atoms in total. The van der Waals surface area contributed by atoms with Crippen molar-refractivity contribution in [1.82, 2.24) is 15.6 Å². The van der Waals surface area contributed by atoms with Gasteiger partial charge in [0.25, 0.3) is 5.91 Å². The number of ether oxygens (including phenoxy) is 1. The zero-order chi connectivity index (χ0) is 28.2. The van der Waals surface area contributed by atoms with E-state index in [1.165, 1.54) is 0 Å². The van der Waals surface area contributed by atoms with Crippen molar-refractivity contribution in [2.45, 2.75) is 45.2 Å². The quantitative estimate of drug-likeness (QED) is 0.276. The minimum absolute atomic E-state index is 0.0837. The fourth-order valence-corrected chi connectivity index (χ4v) is 4.58. The average molecular weight is 551 g/mol. The summed E-state index contributed by atoms with van der Waals surface area (Å²) in [7, 11) is 0. The molecule has 0 aliphatic carbocycles. The number of benzene rings is 1. The van der Waals surface area contributed by atoms with Crippen LogP contribution in [0.15, 0.2) is 91.5 Å². The van der Waals surface area contributed by atoms with E-state index in [0.29, 0.717) is 30.6 Å². The van der Waals surface area contributed by atoms with Gasteiger partial charge in [0.15, 0.2) is 5.88 Å². The van der Waals surface area contributed by atoms with Crippen LogP contribution in [0, 0.1) is 0 Å². The molecule has 2 aromatic rings. The van der Waals surface area contributed by atoms with Crippen LogP contribution in [-0.4, -0.2) is 48.4 Å². The SMILES string of the molecule is C=C/C=C(\C=C/CSF)[C@@H](C)NC(=O)c1cc([C@H](CNC(C)C)Cc2ccccn2)cc(N2CCOC2=C)c1. The highest BCUT2D eigenvalue weighted by Gasteiger charge is 2.24. The lowest BCUT2D eigenvalue weighted by Gasteiger charge is -2.24. The molecule has 0 radical (unpaired) electrons. The molecule has 2 atom stereocenters. The third-order valence-electron chi connectivity index (χ3n) is 6.45. The molecule has 2 N–H and O–H groups in total. The maximum absolute atomic E-state index is 13.6. The third-order valence-corrected chi connectivity index (χ3v) is 6.77. The molecule has 1 saturated heterocycles. The van der Waals surface area contributed by atoms with Crippen molar-refractivity contribution in [2.24, 2.45) is 0 Å². The first-order valence-electron chi connectivity index (χ1n) is 13.2. The van der Waals surface area contributed by atoms with E-state index in [4.69, 9.17) is 4.74 Å². The Labute approximate surface area is 236 Å². The Bertz CT molecular complexity index is 1180. The van der Waals surface area contributed by atoms with Crippen molar-refractivity contribution in [2.75, 3.05) is 30.3 Å². The fraction of sp³-hybridized carbons (Fsp3) is 0.355. The van der Waals surface area contributed by atoms with Gasteiger partial charge in [0, 0.05) is 59.5 Å². The summed E-state index contributed by atoms with van der Waals surface area (Å²) in [5.41, 5.74) is 4.27. The van der Waals surface area contributed by atoms with Crippen molar-refractivity contribution in [3.63, 3.8) is 0 Å². The molecule has 2 heterocycles. The van der Waals surface area contributed by atoms with Crippen molar-refractivity contribution in [3.05, 3.63) is 108 Å². The molecule has 0 saturated carbocycles. The molecular weight excluding hydrogens is 511 g/mol. The van der Waals surface area contributed by atoms with Crippen molar-refractivity contribution in [1.29, 1.82) is 0 Å². The second-order valence-electron chi connectivity index (χ2n) is 9.77. The van der Waals surface area contributed by atoms with Crippen LogP contribution in [0.2, 0.25) is 0 Å². The van der Waals surface area contributed by atoms with Gasteiger partial charge in [-0.25, -0.2) is 0 Å². The lowest BCUT2D eigenvalue weighted by atomic mass is 9.91. The van der Waals surface area contributed by atoms with Gasteiger partial charge in [-0.05, 0) is 61.4 Å². The molecule has 0 bridgehead atoms. The van der Waals surface area contributed by atoms with Gasteiger partial charge in [-0.1, -0.05) is 50.8 Å². The first-order chi connectivity index (χ1) is 18.8. The first-order valence-corrected chi connectivity index (χ1v) is 14.1. The Morgan fingerprint density at radius 3 is 2.74 bits per heavy atom. The summed E-state index contributed by atoms with van der Waals surface area (Å²) in [6.07, 6.45) is 9.55. The molecule has 1 aromatic carbocycles. The van der Waals surface area contributed by atoms with Gasteiger partial charge in [0.2, 0.25) is 0 Å². The minimum Gasteiger partial charge on any atom is -0.477 e. The van der Waals surface area contributed by atoms with E-state index < -0.39 is 0 Å². The van der Waals surface area contributed by atoms with E-state index in [1.54, 1.807) is 18.3 Å². The third kappa shape index (κ3) is 9.11. The number of aromatic nitrogens is 1. The maximum Gasteiger partial charge on any atom is 0.251 e. The molecular formula is C31H39FN4O2S. The predicted octanol–water partition coefficient (Wildman–Crippen LogP) is 6.12. The van der Waals surface area contributed by atoms with Crippen LogP contribution in [0.4, 0.5) is 9.57 Å². The molecule has 1 aliphatic rings. The highest BCUT2D eigenvalue weighted by Crippen LogP contribution is 2.30. The summed E-state index contributed by atoms with van der Waals surface area (Å²) in [5, 5.41) is 6.66. The Morgan fingerprint density at radius 2 is 2.10 bits per heavy atom. The van der Waals surface area contributed by atoms with E-state index in [-0.39, 0.29) is 35.8 Å². The molecule has 1 fully saturated rings. The number of allylic oxidation sites excluding steroid dienone is 2. The van der Waals surface area contributed by atoms with Crippen molar-refractivity contribution >= 4 is 23.7 Å². The van der Waals surface area contributed by atoms with Crippen LogP contribution in [0.5, 0.6) is 0 Å². The Morgan fingerprint density at radius 1 is 1.28 bits per heavy atom. The largest absolute Gasteiger partial charge is 0.477 e. The summed E-state index contributed by atoms with van der Waals surface area (Å²) < 4.78 is 18.1. The first kappa shape index (κ1) is 30.2. The molecule has 8 heteroatoms. The van der Waals surface area contributed by atoms with E-state index in [0.717, 1.165) is 35.5 Å². The zero-order valence-corrected chi connectivity index (χ0v) is 23.8. The summed E-state index contributed by atoms with van der Waals surface area (Å²) in [5.74, 6) is 0.693. The molecule has 39 heavy (non-hydrogen) atoms. The summed E-state index contributed by atoms with van der Waals surface area (Å²) in [4.78, 5) is 20.1. The number of rotatable bonds is 14. The van der Waals surface area contributed by atoms with Gasteiger partial charge in [0.05, 0.1) is 12.6 Å². The molecule has 208 valence electrons. The van der Waals surface area contributed by atoms with Crippen molar-refractivity contribution in [3.8, 4) is 0 Å². The number of anilines is 1.